The van der Waals surface area contributed by atoms with Gasteiger partial charge in [-0.25, -0.2) is 14.2 Å². The first-order chi connectivity index (χ1) is 8.58. The predicted octanol–water partition coefficient (Wildman–Crippen LogP) is 2.65. The lowest BCUT2D eigenvalue weighted by Gasteiger charge is -2.06. The highest BCUT2D eigenvalue weighted by Crippen LogP contribution is 2.31. The molecule has 0 atom stereocenters. The van der Waals surface area contributed by atoms with Crippen molar-refractivity contribution < 1.29 is 14.3 Å². The zero-order valence-corrected chi connectivity index (χ0v) is 9.95. The Balaban J connectivity index is 2.39. The molecule has 0 saturated heterocycles. The van der Waals surface area contributed by atoms with E-state index in [2.05, 4.69) is 4.98 Å². The third kappa shape index (κ3) is 2.60. The molecule has 92 valence electrons. The fraction of sp³-hybridized carbons (Fsp3) is 0. The molecule has 3 N–H and O–H groups in total. The second-order valence-corrected chi connectivity index (χ2v) is 4.51. The van der Waals surface area contributed by atoms with Crippen molar-refractivity contribution in [3.8, 4) is 0 Å². The van der Waals surface area contributed by atoms with Crippen LogP contribution in [-0.4, -0.2) is 16.1 Å². The minimum Gasteiger partial charge on any atom is -0.478 e. The average Bonchev–Trinajstić information content (AvgIpc) is 2.33. The zero-order valence-electron chi connectivity index (χ0n) is 9.13. The Hall–Kier alpha value is -2.08. The molecule has 2 aromatic rings. The van der Waals surface area contributed by atoms with Crippen LogP contribution in [0.1, 0.15) is 10.4 Å². The summed E-state index contributed by atoms with van der Waals surface area (Å²) in [5, 5.41) is 9.50. The Morgan fingerprint density at radius 3 is 2.78 bits per heavy atom. The van der Waals surface area contributed by atoms with Gasteiger partial charge in [0.2, 0.25) is 0 Å². The van der Waals surface area contributed by atoms with Gasteiger partial charge < -0.3 is 10.8 Å². The van der Waals surface area contributed by atoms with Crippen LogP contribution in [-0.2, 0) is 0 Å². The van der Waals surface area contributed by atoms with Gasteiger partial charge in [-0.05, 0) is 24.3 Å². The maximum atomic E-state index is 13.7. The van der Waals surface area contributed by atoms with E-state index in [-0.39, 0.29) is 16.1 Å². The number of nitrogens with two attached hydrogens (primary N) is 1. The first kappa shape index (κ1) is 12.4. The van der Waals surface area contributed by atoms with Crippen LogP contribution in [0.25, 0.3) is 0 Å². The van der Waals surface area contributed by atoms with E-state index >= 15 is 0 Å². The first-order valence-electron chi connectivity index (χ1n) is 4.99. The zero-order chi connectivity index (χ0) is 13.1. The second-order valence-electron chi connectivity index (χ2n) is 3.45. The van der Waals surface area contributed by atoms with Crippen LogP contribution in [0.2, 0.25) is 0 Å². The molecule has 18 heavy (non-hydrogen) atoms. The molecule has 0 unspecified atom stereocenters. The van der Waals surface area contributed by atoms with Crippen molar-refractivity contribution in [1.29, 1.82) is 0 Å². The van der Waals surface area contributed by atoms with Crippen molar-refractivity contribution >= 4 is 23.4 Å². The van der Waals surface area contributed by atoms with Gasteiger partial charge in [0.15, 0.2) is 0 Å². The number of pyridine rings is 1. The van der Waals surface area contributed by atoms with Gasteiger partial charge in [-0.1, -0.05) is 17.8 Å². The minimum absolute atomic E-state index is 0.0922. The summed E-state index contributed by atoms with van der Waals surface area (Å²) in [6, 6.07) is 7.44. The van der Waals surface area contributed by atoms with Crippen LogP contribution >= 0.6 is 11.8 Å². The van der Waals surface area contributed by atoms with Gasteiger partial charge in [-0.15, -0.1) is 0 Å². The highest BCUT2D eigenvalue weighted by molar-refractivity contribution is 7.99. The van der Waals surface area contributed by atoms with Crippen LogP contribution in [0.4, 0.5) is 10.1 Å². The van der Waals surface area contributed by atoms with Gasteiger partial charge in [0.25, 0.3) is 0 Å². The molecular weight excluding hydrogens is 255 g/mol. The third-order valence-corrected chi connectivity index (χ3v) is 3.17. The summed E-state index contributed by atoms with van der Waals surface area (Å²) < 4.78 is 13.7. The number of carbonyl (C=O) groups is 1. The number of anilines is 1. The van der Waals surface area contributed by atoms with Gasteiger partial charge >= 0.3 is 5.97 Å². The summed E-state index contributed by atoms with van der Waals surface area (Å²) in [6.45, 7) is 0. The fourth-order valence-electron chi connectivity index (χ4n) is 1.35. The first-order valence-corrected chi connectivity index (χ1v) is 5.81. The number of nitrogens with zero attached hydrogens (tertiary/aromatic N) is 1. The molecule has 0 aliphatic rings. The van der Waals surface area contributed by atoms with E-state index < -0.39 is 11.8 Å². The topological polar surface area (TPSA) is 76.2 Å². The molecule has 4 nitrogen and oxygen atoms in total. The van der Waals surface area contributed by atoms with Gasteiger partial charge in [0.1, 0.15) is 10.8 Å². The SMILES string of the molecule is Nc1cc(F)c(Sc2ccccn2)cc1C(=O)O. The van der Waals surface area contributed by atoms with Crippen LogP contribution in [0.15, 0.2) is 46.5 Å². The molecule has 1 aromatic heterocycles. The second kappa shape index (κ2) is 5.05. The number of aromatic carboxylic acids is 1. The summed E-state index contributed by atoms with van der Waals surface area (Å²) in [5.41, 5.74) is 5.23. The smallest absolute Gasteiger partial charge is 0.337 e. The highest BCUT2D eigenvalue weighted by atomic mass is 32.2. The van der Waals surface area contributed by atoms with Gasteiger partial charge in [-0.2, -0.15) is 0 Å². The monoisotopic (exact) mass is 264 g/mol. The molecule has 0 saturated carbocycles. The Morgan fingerprint density at radius 1 is 1.39 bits per heavy atom. The largest absolute Gasteiger partial charge is 0.478 e. The highest BCUT2D eigenvalue weighted by Gasteiger charge is 2.14. The van der Waals surface area contributed by atoms with Gasteiger partial charge in [0.05, 0.1) is 10.5 Å². The molecule has 0 fully saturated rings. The van der Waals surface area contributed by atoms with Crippen LogP contribution in [0, 0.1) is 5.82 Å². The van der Waals surface area contributed by atoms with E-state index in [1.54, 1.807) is 24.4 Å². The van der Waals surface area contributed by atoms with E-state index in [1.807, 2.05) is 0 Å². The van der Waals surface area contributed by atoms with E-state index in [0.29, 0.717) is 5.03 Å². The molecule has 1 heterocycles. The Morgan fingerprint density at radius 2 is 2.17 bits per heavy atom. The van der Waals surface area contributed by atoms with Crippen molar-refractivity contribution in [3.05, 3.63) is 47.9 Å². The Labute approximate surface area is 107 Å². The summed E-state index contributed by atoms with van der Waals surface area (Å²) >= 11 is 1.05. The lowest BCUT2D eigenvalue weighted by Crippen LogP contribution is -2.03. The number of carboxylic acid groups (broad SMARTS) is 1. The Kier molecular flexibility index (Phi) is 3.47. The number of nitrogen functional groups attached to an aromatic ring is 1. The van der Waals surface area contributed by atoms with E-state index in [4.69, 9.17) is 10.8 Å². The summed E-state index contributed by atoms with van der Waals surface area (Å²) in [4.78, 5) is 15.1. The number of aromatic nitrogens is 1. The normalized spacial score (nSPS) is 10.3. The number of benzene rings is 1. The van der Waals surface area contributed by atoms with Crippen molar-refractivity contribution in [2.75, 3.05) is 5.73 Å². The summed E-state index contributed by atoms with van der Waals surface area (Å²) in [6.07, 6.45) is 1.58. The molecule has 0 amide bonds. The summed E-state index contributed by atoms with van der Waals surface area (Å²) in [7, 11) is 0. The van der Waals surface area contributed by atoms with Gasteiger partial charge in [0, 0.05) is 11.9 Å². The molecule has 0 radical (unpaired) electrons. The molecule has 0 aliphatic heterocycles. The van der Waals surface area contributed by atoms with Crippen molar-refractivity contribution in [2.24, 2.45) is 0 Å². The number of hydrogen-bond acceptors (Lipinski definition) is 4. The van der Waals surface area contributed by atoms with E-state index in [0.717, 1.165) is 17.8 Å². The number of carboxylic acids is 1. The number of rotatable bonds is 3. The quantitative estimate of drug-likeness (QED) is 0.833. The van der Waals surface area contributed by atoms with Crippen molar-refractivity contribution in [2.45, 2.75) is 9.92 Å². The van der Waals surface area contributed by atoms with Crippen molar-refractivity contribution in [1.82, 2.24) is 4.98 Å². The Bertz CT molecular complexity index is 590. The molecule has 2 rings (SSSR count). The van der Waals surface area contributed by atoms with E-state index in [1.165, 1.54) is 6.07 Å². The molecule has 0 bridgehead atoms. The molecule has 0 aliphatic carbocycles. The standard InChI is InChI=1S/C12H9FN2O2S/c13-8-6-9(14)7(12(16)17)5-10(8)18-11-3-1-2-4-15-11/h1-6H,14H2,(H,16,17). The maximum Gasteiger partial charge on any atom is 0.337 e. The minimum atomic E-state index is -1.18. The molecular formula is C12H9FN2O2S. The predicted molar refractivity (Wildman–Crippen MR) is 66.1 cm³/mol. The van der Waals surface area contributed by atoms with Crippen LogP contribution in [0.3, 0.4) is 0 Å². The summed E-state index contributed by atoms with van der Waals surface area (Å²) in [5.74, 6) is -1.75. The van der Waals surface area contributed by atoms with Crippen LogP contribution < -0.4 is 5.73 Å². The number of halogens is 1. The molecule has 1 aromatic carbocycles. The maximum absolute atomic E-state index is 13.7. The van der Waals surface area contributed by atoms with E-state index in [9.17, 15) is 9.18 Å². The molecule has 0 spiro atoms. The lowest BCUT2D eigenvalue weighted by atomic mass is 10.2. The van der Waals surface area contributed by atoms with Crippen molar-refractivity contribution in [3.63, 3.8) is 0 Å². The molecule has 6 heteroatoms. The lowest BCUT2D eigenvalue weighted by molar-refractivity contribution is 0.0697. The third-order valence-electron chi connectivity index (χ3n) is 2.19. The number of hydrogen-bond donors (Lipinski definition) is 2. The van der Waals surface area contributed by atoms with Crippen LogP contribution in [0.5, 0.6) is 0 Å². The average molecular weight is 264 g/mol. The van der Waals surface area contributed by atoms with Gasteiger partial charge in [-0.3, -0.25) is 0 Å². The fourth-order valence-corrected chi connectivity index (χ4v) is 2.17.